The summed E-state index contributed by atoms with van der Waals surface area (Å²) in [5.41, 5.74) is 7.01. The Labute approximate surface area is 141 Å². The van der Waals surface area contributed by atoms with Crippen molar-refractivity contribution in [1.82, 2.24) is 8.87 Å². The Bertz CT molecular complexity index is 840. The molecule has 6 nitrogen and oxygen atoms in total. The molecule has 0 spiro atoms. The molecule has 0 saturated carbocycles. The van der Waals surface area contributed by atoms with Gasteiger partial charge in [-0.3, -0.25) is 4.79 Å². The van der Waals surface area contributed by atoms with Crippen LogP contribution in [0.15, 0.2) is 47.6 Å². The third-order valence-electron chi connectivity index (χ3n) is 4.42. The predicted octanol–water partition coefficient (Wildman–Crippen LogP) is 1.45. The number of hydrogen-bond acceptors (Lipinski definition) is 4. The number of hydrogen-bond donors (Lipinski definition) is 1. The summed E-state index contributed by atoms with van der Waals surface area (Å²) in [6.07, 6.45) is 3.69. The van der Waals surface area contributed by atoms with Gasteiger partial charge < -0.3 is 10.6 Å². The van der Waals surface area contributed by atoms with Gasteiger partial charge in [0.15, 0.2) is 0 Å². The molecule has 1 aliphatic rings. The molecule has 1 aromatic carbocycles. The van der Waals surface area contributed by atoms with Gasteiger partial charge in [-0.1, -0.05) is 17.7 Å². The summed E-state index contributed by atoms with van der Waals surface area (Å²) in [6, 6.07) is 8.18. The van der Waals surface area contributed by atoms with Gasteiger partial charge in [-0.25, -0.2) is 12.4 Å². The summed E-state index contributed by atoms with van der Waals surface area (Å²) in [7, 11) is -3.68. The number of aromatic nitrogens is 1. The minimum Gasteiger partial charge on any atom is -0.338 e. The Morgan fingerprint density at radius 1 is 1.25 bits per heavy atom. The van der Waals surface area contributed by atoms with Crippen LogP contribution in [0.2, 0.25) is 0 Å². The van der Waals surface area contributed by atoms with E-state index in [4.69, 9.17) is 5.73 Å². The highest BCUT2D eigenvalue weighted by Crippen LogP contribution is 2.20. The first-order valence-electron chi connectivity index (χ1n) is 7.91. The smallest absolute Gasteiger partial charge is 0.267 e. The molecule has 1 saturated heterocycles. The summed E-state index contributed by atoms with van der Waals surface area (Å²) < 4.78 is 26.3. The molecular weight excluding hydrogens is 326 g/mol. The van der Waals surface area contributed by atoms with Crippen LogP contribution in [0.5, 0.6) is 0 Å². The van der Waals surface area contributed by atoms with Crippen molar-refractivity contribution in [2.75, 3.05) is 19.6 Å². The molecular formula is C17H21N3O3S. The molecule has 128 valence electrons. The lowest BCUT2D eigenvalue weighted by Crippen LogP contribution is -2.29. The Morgan fingerprint density at radius 2 is 1.96 bits per heavy atom. The van der Waals surface area contributed by atoms with E-state index in [1.54, 1.807) is 35.2 Å². The molecule has 7 heteroatoms. The van der Waals surface area contributed by atoms with E-state index < -0.39 is 10.0 Å². The van der Waals surface area contributed by atoms with Gasteiger partial charge in [-0.15, -0.1) is 0 Å². The average Bonchev–Trinajstić information content (AvgIpc) is 3.24. The highest BCUT2D eigenvalue weighted by Gasteiger charge is 2.27. The van der Waals surface area contributed by atoms with Crippen molar-refractivity contribution in [1.29, 1.82) is 0 Å². The SMILES string of the molecule is Cc1ccc(S(=O)(=O)n2ccc(C(=O)N3CCC(CN)C3)c2)cc1. The predicted molar refractivity (Wildman–Crippen MR) is 91.3 cm³/mol. The molecule has 1 fully saturated rings. The molecule has 24 heavy (non-hydrogen) atoms. The summed E-state index contributed by atoms with van der Waals surface area (Å²) in [5, 5.41) is 0. The van der Waals surface area contributed by atoms with Crippen molar-refractivity contribution in [2.24, 2.45) is 11.7 Å². The number of aryl methyl sites for hydroxylation is 1. The molecule has 0 bridgehead atoms. The second-order valence-corrected chi connectivity index (χ2v) is 8.03. The lowest BCUT2D eigenvalue weighted by atomic mass is 10.1. The van der Waals surface area contributed by atoms with Crippen molar-refractivity contribution >= 4 is 15.9 Å². The van der Waals surface area contributed by atoms with E-state index in [-0.39, 0.29) is 10.8 Å². The number of carbonyl (C=O) groups excluding carboxylic acids is 1. The lowest BCUT2D eigenvalue weighted by molar-refractivity contribution is 0.0788. The van der Waals surface area contributed by atoms with Crippen molar-refractivity contribution < 1.29 is 13.2 Å². The van der Waals surface area contributed by atoms with Crippen LogP contribution >= 0.6 is 0 Å². The third kappa shape index (κ3) is 3.09. The first-order valence-corrected chi connectivity index (χ1v) is 9.35. The fraction of sp³-hybridized carbons (Fsp3) is 0.353. The number of likely N-dealkylation sites (tertiary alicyclic amines) is 1. The molecule has 2 heterocycles. The Balaban J connectivity index is 1.82. The highest BCUT2D eigenvalue weighted by molar-refractivity contribution is 7.90. The van der Waals surface area contributed by atoms with Crippen LogP contribution in [-0.4, -0.2) is 42.8 Å². The number of carbonyl (C=O) groups is 1. The Hall–Kier alpha value is -2.12. The van der Waals surface area contributed by atoms with Crippen molar-refractivity contribution in [2.45, 2.75) is 18.2 Å². The molecule has 2 aromatic rings. The van der Waals surface area contributed by atoms with Crippen molar-refractivity contribution in [3.05, 3.63) is 53.9 Å². The second kappa shape index (κ2) is 6.41. The van der Waals surface area contributed by atoms with Crippen molar-refractivity contribution in [3.63, 3.8) is 0 Å². The van der Waals surface area contributed by atoms with Gasteiger partial charge >= 0.3 is 0 Å². The summed E-state index contributed by atoms with van der Waals surface area (Å²) in [4.78, 5) is 14.4. The molecule has 0 aliphatic carbocycles. The van der Waals surface area contributed by atoms with Crippen LogP contribution in [0.25, 0.3) is 0 Å². The van der Waals surface area contributed by atoms with E-state index in [2.05, 4.69) is 0 Å². The molecule has 0 radical (unpaired) electrons. The number of benzene rings is 1. The van der Waals surface area contributed by atoms with E-state index in [0.717, 1.165) is 16.0 Å². The standard InChI is InChI=1S/C17H21N3O3S/c1-13-2-4-16(5-3-13)24(22,23)20-9-7-15(12-20)17(21)19-8-6-14(10-18)11-19/h2-5,7,9,12,14H,6,8,10-11,18H2,1H3. The molecule has 1 unspecified atom stereocenters. The number of nitrogens with zero attached hydrogens (tertiary/aromatic N) is 2. The van der Waals surface area contributed by atoms with Gasteiger partial charge in [0, 0.05) is 25.5 Å². The normalized spacial score (nSPS) is 18.1. The van der Waals surface area contributed by atoms with Gasteiger partial charge in [0.05, 0.1) is 10.5 Å². The first kappa shape index (κ1) is 16.7. The number of rotatable bonds is 4. The maximum absolute atomic E-state index is 12.6. The zero-order valence-corrected chi connectivity index (χ0v) is 14.4. The van der Waals surface area contributed by atoms with Crippen LogP contribution < -0.4 is 5.73 Å². The van der Waals surface area contributed by atoms with Gasteiger partial charge in [0.1, 0.15) is 0 Å². The molecule has 2 N–H and O–H groups in total. The van der Waals surface area contributed by atoms with Gasteiger partial charge in [-0.2, -0.15) is 0 Å². The third-order valence-corrected chi connectivity index (χ3v) is 6.07. The molecule has 1 atom stereocenters. The van der Waals surface area contributed by atoms with Crippen molar-refractivity contribution in [3.8, 4) is 0 Å². The van der Waals surface area contributed by atoms with Crippen LogP contribution in [-0.2, 0) is 10.0 Å². The molecule has 1 amide bonds. The Morgan fingerprint density at radius 3 is 2.58 bits per heavy atom. The molecule has 1 aromatic heterocycles. The number of nitrogens with two attached hydrogens (primary N) is 1. The van der Waals surface area contributed by atoms with Gasteiger partial charge in [0.2, 0.25) is 0 Å². The quantitative estimate of drug-likeness (QED) is 0.907. The largest absolute Gasteiger partial charge is 0.338 e. The van der Waals surface area contributed by atoms with E-state index in [1.807, 2.05) is 6.92 Å². The van der Waals surface area contributed by atoms with E-state index in [1.165, 1.54) is 12.4 Å². The van der Waals surface area contributed by atoms with Crippen LogP contribution in [0.1, 0.15) is 22.3 Å². The first-order chi connectivity index (χ1) is 11.4. The zero-order chi connectivity index (χ0) is 17.3. The highest BCUT2D eigenvalue weighted by atomic mass is 32.2. The molecule has 3 rings (SSSR count). The average molecular weight is 347 g/mol. The van der Waals surface area contributed by atoms with Crippen LogP contribution in [0, 0.1) is 12.8 Å². The monoisotopic (exact) mass is 347 g/mol. The van der Waals surface area contributed by atoms with Crippen LogP contribution in [0.4, 0.5) is 0 Å². The van der Waals surface area contributed by atoms with E-state index >= 15 is 0 Å². The van der Waals surface area contributed by atoms with E-state index in [9.17, 15) is 13.2 Å². The fourth-order valence-electron chi connectivity index (χ4n) is 2.88. The fourth-order valence-corrected chi connectivity index (χ4v) is 4.07. The second-order valence-electron chi connectivity index (χ2n) is 6.19. The number of amides is 1. The maximum Gasteiger partial charge on any atom is 0.267 e. The minimum atomic E-state index is -3.68. The summed E-state index contributed by atoms with van der Waals surface area (Å²) in [5.74, 6) is 0.177. The van der Waals surface area contributed by atoms with Gasteiger partial charge in [-0.05, 0) is 44.0 Å². The zero-order valence-electron chi connectivity index (χ0n) is 13.6. The Kier molecular flexibility index (Phi) is 4.47. The van der Waals surface area contributed by atoms with Gasteiger partial charge in [0.25, 0.3) is 15.9 Å². The topological polar surface area (TPSA) is 85.4 Å². The lowest BCUT2D eigenvalue weighted by Gasteiger charge is -2.15. The van der Waals surface area contributed by atoms with Crippen LogP contribution in [0.3, 0.4) is 0 Å². The van der Waals surface area contributed by atoms with E-state index in [0.29, 0.717) is 31.1 Å². The summed E-state index contributed by atoms with van der Waals surface area (Å²) >= 11 is 0. The minimum absolute atomic E-state index is 0.149. The molecule has 1 aliphatic heterocycles. The summed E-state index contributed by atoms with van der Waals surface area (Å²) in [6.45, 7) is 3.75. The maximum atomic E-state index is 12.6.